The van der Waals surface area contributed by atoms with Gasteiger partial charge in [-0.25, -0.2) is 19.6 Å². The molecule has 6 atom stereocenters. The van der Waals surface area contributed by atoms with Crippen LogP contribution in [0.15, 0.2) is 48.5 Å². The van der Waals surface area contributed by atoms with Gasteiger partial charge in [-0.1, -0.05) is 65.5 Å². The third kappa shape index (κ3) is 8.78. The van der Waals surface area contributed by atoms with E-state index in [1.165, 1.54) is 14.2 Å². The maximum atomic E-state index is 13.7. The predicted octanol–water partition coefficient (Wildman–Crippen LogP) is 7.15. The van der Waals surface area contributed by atoms with E-state index in [1.54, 1.807) is 11.3 Å². The average Bonchev–Trinajstić information content (AvgIpc) is 4.05. The maximum Gasteiger partial charge on any atom is 0.407 e. The zero-order valence-electron chi connectivity index (χ0n) is 34.7. The second-order valence-electron chi connectivity index (χ2n) is 16.5. The van der Waals surface area contributed by atoms with Gasteiger partial charge in [-0.15, -0.1) is 11.3 Å². The number of hydrogen-bond acceptors (Lipinski definition) is 9. The third-order valence-corrected chi connectivity index (χ3v) is 12.3. The van der Waals surface area contributed by atoms with E-state index in [4.69, 9.17) is 19.4 Å². The van der Waals surface area contributed by atoms with Gasteiger partial charge in [0, 0.05) is 29.1 Å². The van der Waals surface area contributed by atoms with Crippen molar-refractivity contribution in [1.82, 2.24) is 40.4 Å². The Morgan fingerprint density at radius 1 is 0.729 bits per heavy atom. The second-order valence-corrected chi connectivity index (χ2v) is 17.6. The standard InChI is InChI=1S/C44H52N8O6S/c1-23(2)36(48-43(55)57-7)41(53)51-21-25(5)17-33(51)38-45-30-16-13-28(19-31(30)46-38)10-9-27-11-14-29(15-12-27)35-20-32-40(59-35)50-39(47-32)34-18-26(6)22-52(34)42(54)37(24(3)4)49-44(56)58-8/h11-16,19-20,23-26,33-34,36-37H,17-18,21-22H2,1-8H3,(H,45,46)(H,47,50)(H,48,55)(H,49,56)/t25-,26-,33-,34-,36-,37-/m0/s1. The fourth-order valence-electron chi connectivity index (χ4n) is 8.11. The van der Waals surface area contributed by atoms with Crippen molar-refractivity contribution in [3.63, 3.8) is 0 Å². The molecule has 3 aromatic heterocycles. The zero-order valence-corrected chi connectivity index (χ0v) is 35.5. The highest BCUT2D eigenvalue weighted by Crippen LogP contribution is 2.39. The lowest BCUT2D eigenvalue weighted by atomic mass is 10.0. The third-order valence-electron chi connectivity index (χ3n) is 11.2. The number of ether oxygens (including phenoxy) is 2. The first-order chi connectivity index (χ1) is 28.2. The van der Waals surface area contributed by atoms with Crippen LogP contribution in [0.1, 0.15) is 89.2 Å². The van der Waals surface area contributed by atoms with Crippen molar-refractivity contribution in [3.05, 3.63) is 71.3 Å². The summed E-state index contributed by atoms with van der Waals surface area (Å²) in [6.45, 7) is 13.0. The summed E-state index contributed by atoms with van der Waals surface area (Å²) in [5, 5.41) is 5.42. The first-order valence-corrected chi connectivity index (χ1v) is 21.0. The molecule has 0 saturated carbocycles. The Hall–Kier alpha value is -5.88. The van der Waals surface area contributed by atoms with Crippen LogP contribution in [-0.4, -0.2) is 93.1 Å². The molecule has 15 heteroatoms. The molecule has 310 valence electrons. The molecule has 2 fully saturated rings. The van der Waals surface area contributed by atoms with E-state index in [1.807, 2.05) is 67.8 Å². The number of amides is 4. The molecule has 2 aromatic carbocycles. The van der Waals surface area contributed by atoms with Crippen molar-refractivity contribution in [2.45, 2.75) is 78.6 Å². The molecule has 5 heterocycles. The van der Waals surface area contributed by atoms with Crippen LogP contribution >= 0.6 is 11.3 Å². The molecule has 7 rings (SSSR count). The van der Waals surface area contributed by atoms with Crippen LogP contribution in [-0.2, 0) is 19.1 Å². The summed E-state index contributed by atoms with van der Waals surface area (Å²) in [7, 11) is 2.58. The summed E-state index contributed by atoms with van der Waals surface area (Å²) in [6, 6.07) is 14.2. The quantitative estimate of drug-likeness (QED) is 0.114. The summed E-state index contributed by atoms with van der Waals surface area (Å²) in [6.07, 6.45) is 0.283. The van der Waals surface area contributed by atoms with Gasteiger partial charge in [-0.05, 0) is 78.5 Å². The Morgan fingerprint density at radius 3 is 1.76 bits per heavy atom. The normalized spacial score (nSPS) is 20.2. The largest absolute Gasteiger partial charge is 0.453 e. The van der Waals surface area contributed by atoms with Crippen molar-refractivity contribution < 1.29 is 28.7 Å². The molecule has 4 N–H and O–H groups in total. The highest BCUT2D eigenvalue weighted by molar-refractivity contribution is 7.21. The SMILES string of the molecule is COC(=O)N[C@H](C(=O)N1C[C@@H](C)C[C@H]1c1nc2cc(C#Cc3ccc(-c4cc5[nH]c([C@@H]6C[C@H](C)CN6C(=O)[C@@H](NC(=O)OC)C(C)C)nc5s4)cc3)ccc2[nH]1)C(C)C. The van der Waals surface area contributed by atoms with E-state index < -0.39 is 24.3 Å². The fourth-order valence-corrected chi connectivity index (χ4v) is 9.11. The highest BCUT2D eigenvalue weighted by atomic mass is 32.1. The number of likely N-dealkylation sites (tertiary alicyclic amines) is 2. The van der Waals surface area contributed by atoms with Gasteiger partial charge >= 0.3 is 12.2 Å². The van der Waals surface area contributed by atoms with Crippen LogP contribution in [0.2, 0.25) is 0 Å². The van der Waals surface area contributed by atoms with Crippen molar-refractivity contribution in [1.29, 1.82) is 0 Å². The first-order valence-electron chi connectivity index (χ1n) is 20.1. The Kier molecular flexibility index (Phi) is 12.0. The minimum atomic E-state index is -0.707. The van der Waals surface area contributed by atoms with Gasteiger partial charge in [-0.3, -0.25) is 9.59 Å². The lowest BCUT2D eigenvalue weighted by molar-refractivity contribution is -0.136. The maximum absolute atomic E-state index is 13.7. The van der Waals surface area contributed by atoms with Crippen molar-refractivity contribution in [2.75, 3.05) is 27.3 Å². The molecule has 4 amide bonds. The number of fused-ring (bicyclic) bond motifs is 2. The second kappa shape index (κ2) is 17.1. The summed E-state index contributed by atoms with van der Waals surface area (Å²) in [4.78, 5) is 73.8. The number of nitrogens with one attached hydrogen (secondary N) is 4. The minimum Gasteiger partial charge on any atom is -0.453 e. The molecular weight excluding hydrogens is 769 g/mol. The van der Waals surface area contributed by atoms with Crippen molar-refractivity contribution in [2.24, 2.45) is 23.7 Å². The van der Waals surface area contributed by atoms with Crippen molar-refractivity contribution in [3.8, 4) is 22.3 Å². The summed E-state index contributed by atoms with van der Waals surface area (Å²) < 4.78 is 9.56. The van der Waals surface area contributed by atoms with Gasteiger partial charge in [0.25, 0.3) is 0 Å². The number of alkyl carbamates (subject to hydrolysis) is 2. The summed E-state index contributed by atoms with van der Waals surface area (Å²) >= 11 is 1.59. The lowest BCUT2D eigenvalue weighted by Gasteiger charge is -2.30. The predicted molar refractivity (Wildman–Crippen MR) is 226 cm³/mol. The number of carbonyl (C=O) groups excluding carboxylic acids is 4. The van der Waals surface area contributed by atoms with E-state index in [2.05, 4.69) is 64.5 Å². The zero-order chi connectivity index (χ0) is 42.1. The molecule has 0 spiro atoms. The molecule has 0 aliphatic carbocycles. The number of carbonyl (C=O) groups is 4. The molecule has 0 unspecified atom stereocenters. The smallest absolute Gasteiger partial charge is 0.407 e. The Morgan fingerprint density at radius 2 is 1.24 bits per heavy atom. The number of methoxy groups -OCH3 is 2. The number of thiophene rings is 1. The van der Waals surface area contributed by atoms with E-state index in [-0.39, 0.29) is 47.6 Å². The Balaban J connectivity index is 1.03. The van der Waals surface area contributed by atoms with E-state index in [9.17, 15) is 19.2 Å². The molecule has 2 aliphatic heterocycles. The Bertz CT molecular complexity index is 2390. The summed E-state index contributed by atoms with van der Waals surface area (Å²) in [5.41, 5.74) is 5.28. The molecule has 2 aliphatic rings. The van der Waals surface area contributed by atoms with Crippen LogP contribution in [0.4, 0.5) is 9.59 Å². The molecule has 5 aromatic rings. The van der Waals surface area contributed by atoms with Crippen LogP contribution in [0.3, 0.4) is 0 Å². The number of benzene rings is 2. The van der Waals surface area contributed by atoms with Gasteiger partial charge in [0.1, 0.15) is 28.6 Å². The average molecular weight is 821 g/mol. The summed E-state index contributed by atoms with van der Waals surface area (Å²) in [5.74, 6) is 8.07. The minimum absolute atomic E-state index is 0.110. The number of imidazole rings is 2. The van der Waals surface area contributed by atoms with Gasteiger partial charge in [-0.2, -0.15) is 0 Å². The first kappa shape index (κ1) is 41.3. The number of aromatic amines is 2. The van der Waals surface area contributed by atoms with Gasteiger partial charge in [0.15, 0.2) is 0 Å². The van der Waals surface area contributed by atoms with Crippen LogP contribution in [0, 0.1) is 35.5 Å². The topological polar surface area (TPSA) is 175 Å². The molecule has 2 saturated heterocycles. The lowest BCUT2D eigenvalue weighted by Crippen LogP contribution is -2.51. The molecule has 0 radical (unpaired) electrons. The van der Waals surface area contributed by atoms with E-state index in [0.29, 0.717) is 18.9 Å². The monoisotopic (exact) mass is 820 g/mol. The number of H-pyrrole nitrogens is 2. The number of hydrogen-bond donors (Lipinski definition) is 4. The fraction of sp³-hybridized carbons (Fsp3) is 0.455. The van der Waals surface area contributed by atoms with Crippen LogP contribution in [0.5, 0.6) is 0 Å². The number of rotatable bonds is 9. The van der Waals surface area contributed by atoms with Crippen molar-refractivity contribution >= 4 is 56.7 Å². The van der Waals surface area contributed by atoms with E-state index in [0.717, 1.165) is 61.6 Å². The Labute approximate surface area is 347 Å². The highest BCUT2D eigenvalue weighted by Gasteiger charge is 2.41. The number of aromatic nitrogens is 4. The molecule has 0 bridgehead atoms. The molecule has 14 nitrogen and oxygen atoms in total. The van der Waals surface area contributed by atoms with Gasteiger partial charge < -0.3 is 39.9 Å². The van der Waals surface area contributed by atoms with Crippen LogP contribution in [0.25, 0.3) is 31.8 Å². The molecular formula is C44H52N8O6S. The van der Waals surface area contributed by atoms with E-state index >= 15 is 0 Å². The van der Waals surface area contributed by atoms with Crippen LogP contribution < -0.4 is 10.6 Å². The van der Waals surface area contributed by atoms with Gasteiger partial charge in [0.2, 0.25) is 11.8 Å². The molecule has 59 heavy (non-hydrogen) atoms. The van der Waals surface area contributed by atoms with Gasteiger partial charge in [0.05, 0.1) is 42.9 Å². The number of nitrogens with zero attached hydrogens (tertiary/aromatic N) is 4.